The Bertz CT molecular complexity index is 572. The number of amides is 1. The summed E-state index contributed by atoms with van der Waals surface area (Å²) in [6.07, 6.45) is 1.76. The van der Waals surface area contributed by atoms with Gasteiger partial charge in [0.15, 0.2) is 0 Å². The summed E-state index contributed by atoms with van der Waals surface area (Å²) in [5.74, 6) is 0.902. The minimum atomic E-state index is -0.129. The number of hydrogen-bond acceptors (Lipinski definition) is 4. The summed E-state index contributed by atoms with van der Waals surface area (Å²) < 4.78 is 0. The van der Waals surface area contributed by atoms with E-state index in [1.165, 1.54) is 6.92 Å². The smallest absolute Gasteiger partial charge is 0.222 e. The van der Waals surface area contributed by atoms with Crippen molar-refractivity contribution in [1.82, 2.24) is 20.5 Å². The van der Waals surface area contributed by atoms with E-state index in [1.807, 2.05) is 0 Å². The fraction of sp³-hybridized carbons (Fsp3) is 0.364. The molecule has 0 atom stereocenters. The van der Waals surface area contributed by atoms with Gasteiger partial charge in [0, 0.05) is 43.6 Å². The van der Waals surface area contributed by atoms with Crippen molar-refractivity contribution >= 4 is 22.6 Å². The Labute approximate surface area is 97.8 Å². The summed E-state index contributed by atoms with van der Waals surface area (Å²) >= 11 is 0. The summed E-state index contributed by atoms with van der Waals surface area (Å²) in [5, 5.41) is 14.2. The molecule has 1 saturated heterocycles. The molecule has 3 heterocycles. The topological polar surface area (TPSA) is 82.7 Å². The molecule has 6 nitrogen and oxygen atoms in total. The molecule has 0 aliphatic carbocycles. The molecule has 0 saturated carbocycles. The van der Waals surface area contributed by atoms with Crippen LogP contribution in [-0.2, 0) is 4.79 Å². The quantitative estimate of drug-likeness (QED) is 0.707. The Balaban J connectivity index is 1.98. The lowest BCUT2D eigenvalue weighted by Gasteiger charge is -2.25. The number of rotatable bonds is 2. The minimum absolute atomic E-state index is 0.129. The average molecular weight is 231 g/mol. The van der Waals surface area contributed by atoms with Gasteiger partial charge < -0.3 is 10.6 Å². The number of fused-ring (bicyclic) bond motifs is 1. The van der Waals surface area contributed by atoms with Crippen LogP contribution in [0.25, 0.3) is 10.9 Å². The first-order valence-corrected chi connectivity index (χ1v) is 5.56. The number of nitrogens with one attached hydrogen (secondary N) is 3. The average Bonchev–Trinajstić information content (AvgIpc) is 2.58. The molecule has 0 spiro atoms. The van der Waals surface area contributed by atoms with Crippen LogP contribution in [0.2, 0.25) is 0 Å². The number of nitrogens with zero attached hydrogens (tertiary/aromatic N) is 2. The Morgan fingerprint density at radius 2 is 2.35 bits per heavy atom. The third-order valence-corrected chi connectivity index (χ3v) is 2.96. The van der Waals surface area contributed by atoms with E-state index in [2.05, 4.69) is 25.8 Å². The van der Waals surface area contributed by atoms with Crippen LogP contribution in [0.1, 0.15) is 18.5 Å². The monoisotopic (exact) mass is 231 g/mol. The van der Waals surface area contributed by atoms with E-state index < -0.39 is 0 Å². The molecule has 17 heavy (non-hydrogen) atoms. The third-order valence-electron chi connectivity index (χ3n) is 2.96. The molecule has 6 heteroatoms. The molecule has 0 aromatic carbocycles. The van der Waals surface area contributed by atoms with Crippen molar-refractivity contribution < 1.29 is 4.79 Å². The van der Waals surface area contributed by atoms with Crippen LogP contribution < -0.4 is 10.6 Å². The summed E-state index contributed by atoms with van der Waals surface area (Å²) in [4.78, 5) is 15.1. The molecule has 0 radical (unpaired) electrons. The van der Waals surface area contributed by atoms with E-state index in [0.29, 0.717) is 11.7 Å². The molecule has 88 valence electrons. The zero-order chi connectivity index (χ0) is 11.8. The summed E-state index contributed by atoms with van der Waals surface area (Å²) in [6, 6.07) is 1.78. The molecule has 3 rings (SSSR count). The first-order valence-electron chi connectivity index (χ1n) is 5.56. The van der Waals surface area contributed by atoms with Gasteiger partial charge in [-0.05, 0) is 0 Å². The van der Waals surface area contributed by atoms with Crippen LogP contribution in [0, 0.1) is 0 Å². The van der Waals surface area contributed by atoms with Crippen molar-refractivity contribution in [2.24, 2.45) is 0 Å². The van der Waals surface area contributed by atoms with E-state index in [4.69, 9.17) is 0 Å². The molecular formula is C11H13N5O. The number of anilines is 1. The number of aromatic amines is 1. The van der Waals surface area contributed by atoms with Crippen LogP contribution in [0.3, 0.4) is 0 Å². The van der Waals surface area contributed by atoms with Gasteiger partial charge in [-0.25, -0.2) is 4.98 Å². The molecular weight excluding hydrogens is 218 g/mol. The number of carbonyl (C=O) groups excluding carboxylic acids is 1. The SMILES string of the molecule is CC(=O)Nc1cc2n[nH]c(C3CNC3)c2cn1. The van der Waals surface area contributed by atoms with Crippen LogP contribution in [0.4, 0.5) is 5.82 Å². The van der Waals surface area contributed by atoms with Crippen LogP contribution in [0.15, 0.2) is 12.3 Å². The zero-order valence-electron chi connectivity index (χ0n) is 9.45. The van der Waals surface area contributed by atoms with Gasteiger partial charge in [-0.3, -0.25) is 9.89 Å². The lowest BCUT2D eigenvalue weighted by Crippen LogP contribution is -2.40. The predicted octanol–water partition coefficient (Wildman–Crippen LogP) is 0.603. The van der Waals surface area contributed by atoms with E-state index >= 15 is 0 Å². The first-order chi connectivity index (χ1) is 8.24. The fourth-order valence-corrected chi connectivity index (χ4v) is 1.98. The van der Waals surface area contributed by atoms with E-state index in [0.717, 1.165) is 29.7 Å². The Morgan fingerprint density at radius 3 is 3.00 bits per heavy atom. The Hall–Kier alpha value is -1.95. The van der Waals surface area contributed by atoms with E-state index in [9.17, 15) is 4.79 Å². The molecule has 1 aliphatic heterocycles. The molecule has 0 bridgehead atoms. The van der Waals surface area contributed by atoms with E-state index in [1.54, 1.807) is 12.3 Å². The maximum Gasteiger partial charge on any atom is 0.222 e. The lowest BCUT2D eigenvalue weighted by molar-refractivity contribution is -0.114. The van der Waals surface area contributed by atoms with Crippen molar-refractivity contribution in [2.45, 2.75) is 12.8 Å². The van der Waals surface area contributed by atoms with Crippen molar-refractivity contribution in [1.29, 1.82) is 0 Å². The van der Waals surface area contributed by atoms with Gasteiger partial charge in [-0.1, -0.05) is 0 Å². The third kappa shape index (κ3) is 1.76. The second-order valence-electron chi connectivity index (χ2n) is 4.26. The molecule has 2 aromatic rings. The normalized spacial score (nSPS) is 15.8. The van der Waals surface area contributed by atoms with Gasteiger partial charge in [-0.15, -0.1) is 0 Å². The van der Waals surface area contributed by atoms with Crippen molar-refractivity contribution in [3.63, 3.8) is 0 Å². The van der Waals surface area contributed by atoms with Gasteiger partial charge >= 0.3 is 0 Å². The highest BCUT2D eigenvalue weighted by atomic mass is 16.1. The second-order valence-corrected chi connectivity index (χ2v) is 4.26. The summed E-state index contributed by atoms with van der Waals surface area (Å²) in [5.41, 5.74) is 1.96. The van der Waals surface area contributed by atoms with Crippen LogP contribution >= 0.6 is 0 Å². The number of hydrogen-bond donors (Lipinski definition) is 3. The van der Waals surface area contributed by atoms with Gasteiger partial charge in [-0.2, -0.15) is 5.10 Å². The molecule has 1 amide bonds. The predicted molar refractivity (Wildman–Crippen MR) is 63.8 cm³/mol. The van der Waals surface area contributed by atoms with Gasteiger partial charge in [0.05, 0.1) is 11.2 Å². The largest absolute Gasteiger partial charge is 0.315 e. The van der Waals surface area contributed by atoms with Crippen molar-refractivity contribution in [3.8, 4) is 0 Å². The second kappa shape index (κ2) is 3.81. The number of pyridine rings is 1. The molecule has 2 aromatic heterocycles. The zero-order valence-corrected chi connectivity index (χ0v) is 9.45. The van der Waals surface area contributed by atoms with E-state index in [-0.39, 0.29) is 5.91 Å². The maximum atomic E-state index is 10.9. The number of carbonyl (C=O) groups is 1. The molecule has 1 aliphatic rings. The Kier molecular flexibility index (Phi) is 2.29. The Morgan fingerprint density at radius 1 is 1.53 bits per heavy atom. The van der Waals surface area contributed by atoms with Gasteiger partial charge in [0.1, 0.15) is 5.82 Å². The van der Waals surface area contributed by atoms with Gasteiger partial charge in [0.2, 0.25) is 5.91 Å². The maximum absolute atomic E-state index is 10.9. The highest BCUT2D eigenvalue weighted by molar-refractivity contribution is 5.90. The summed E-state index contributed by atoms with van der Waals surface area (Å²) in [7, 11) is 0. The first kappa shape index (κ1) is 10.2. The van der Waals surface area contributed by atoms with Gasteiger partial charge in [0.25, 0.3) is 0 Å². The highest BCUT2D eigenvalue weighted by Gasteiger charge is 2.23. The number of aromatic nitrogens is 3. The van der Waals surface area contributed by atoms with Crippen molar-refractivity contribution in [2.75, 3.05) is 18.4 Å². The van der Waals surface area contributed by atoms with Crippen LogP contribution in [-0.4, -0.2) is 34.2 Å². The fourth-order valence-electron chi connectivity index (χ4n) is 1.98. The lowest BCUT2D eigenvalue weighted by atomic mass is 9.97. The molecule has 1 fully saturated rings. The minimum Gasteiger partial charge on any atom is -0.315 e. The molecule has 0 unspecified atom stereocenters. The van der Waals surface area contributed by atoms with Crippen molar-refractivity contribution in [3.05, 3.63) is 18.0 Å². The highest BCUT2D eigenvalue weighted by Crippen LogP contribution is 2.26. The molecule has 3 N–H and O–H groups in total. The van der Waals surface area contributed by atoms with Crippen LogP contribution in [0.5, 0.6) is 0 Å². The standard InChI is InChI=1S/C11H13N5O/c1-6(17)14-10-2-9-8(5-13-10)11(16-15-9)7-3-12-4-7/h2,5,7,12H,3-4H2,1H3,(H,15,16)(H,13,14,17). The number of H-pyrrole nitrogens is 1. The summed E-state index contributed by atoms with van der Waals surface area (Å²) in [6.45, 7) is 3.41.